The van der Waals surface area contributed by atoms with Gasteiger partial charge < -0.3 is 0 Å². The molecule has 0 saturated heterocycles. The molecule has 6 heavy (non-hydrogen) atoms. The van der Waals surface area contributed by atoms with Crippen molar-refractivity contribution in [1.29, 1.82) is 0 Å². The molecule has 0 spiro atoms. The third-order valence-corrected chi connectivity index (χ3v) is 0. The molecule has 0 saturated carbocycles. The maximum Gasteiger partial charge on any atom is 0.141 e. The summed E-state index contributed by atoms with van der Waals surface area (Å²) in [6.07, 6.45) is 1.75. The van der Waals surface area contributed by atoms with E-state index in [9.17, 15) is 0 Å². The number of rotatable bonds is 0. The Labute approximate surface area is 49.9 Å². The largest absolute Gasteiger partial charge is 0.141 e. The van der Waals surface area contributed by atoms with Crippen molar-refractivity contribution in [1.82, 2.24) is 0 Å². The molecule has 0 heterocycles. The lowest BCUT2D eigenvalue weighted by atomic mass is 10.8. The van der Waals surface area contributed by atoms with E-state index in [0.29, 0.717) is 7.29 Å². The lowest BCUT2D eigenvalue weighted by Crippen LogP contribution is -1.07. The van der Waals surface area contributed by atoms with Gasteiger partial charge in [0.1, 0.15) is 7.29 Å². The molecule has 0 bridgehead atoms. The summed E-state index contributed by atoms with van der Waals surface area (Å²) in [5, 5.41) is 0. The molecule has 0 atom stereocenters. The van der Waals surface area contributed by atoms with E-state index in [1.54, 1.807) is 6.08 Å². The second-order valence-electron chi connectivity index (χ2n) is 0.472. The van der Waals surface area contributed by atoms with Gasteiger partial charge in [0.05, 0.1) is 0 Å². The maximum atomic E-state index is 4.74. The summed E-state index contributed by atoms with van der Waals surface area (Å²) in [6, 6.07) is 0. The third-order valence-electron chi connectivity index (χ3n) is 0. The van der Waals surface area contributed by atoms with Gasteiger partial charge in [0.25, 0.3) is 0 Å². The minimum atomic E-state index is 0.361. The molecule has 0 unspecified atom stereocenters. The number of hydrogen-bond acceptors (Lipinski definition) is 0. The predicted octanol–water partition coefficient (Wildman–Crippen LogP) is 3.43. The molecule has 0 aromatic carbocycles. The number of allylic oxidation sites excluding steroid dienone is 1. The zero-order valence-corrected chi connectivity index (χ0v) is 5.89. The molecular weight excluding hydrogens is 138 g/mol. The maximum absolute atomic E-state index is 4.74. The topological polar surface area (TPSA) is 0 Å². The SMILES string of the molecule is C=CC.Cl[P]Cl. The molecule has 3 heteroatoms. The molecule has 1 radical (unpaired) electrons. The van der Waals surface area contributed by atoms with Crippen LogP contribution in [0.1, 0.15) is 6.92 Å². The minimum absolute atomic E-state index is 0.361. The first-order valence-corrected chi connectivity index (χ1v) is 4.03. The van der Waals surface area contributed by atoms with Crippen LogP contribution in [0.2, 0.25) is 0 Å². The second-order valence-corrected chi connectivity index (χ2v) is 2.13. The number of hydrogen-bond donors (Lipinski definition) is 0. The normalized spacial score (nSPS) is 5.17. The second kappa shape index (κ2) is 17.2. The zero-order chi connectivity index (χ0) is 5.41. The highest BCUT2D eigenvalue weighted by molar-refractivity contribution is 7.90. The van der Waals surface area contributed by atoms with Gasteiger partial charge in [0, 0.05) is 0 Å². The Morgan fingerprint density at radius 3 is 1.67 bits per heavy atom. The Kier molecular flexibility index (Phi) is 28.3. The Balaban J connectivity index is 0. The van der Waals surface area contributed by atoms with Gasteiger partial charge in [-0.25, -0.2) is 0 Å². The Bertz CT molecular complexity index is 22.8. The van der Waals surface area contributed by atoms with E-state index in [-0.39, 0.29) is 0 Å². The molecule has 0 aromatic rings. The van der Waals surface area contributed by atoms with Crippen LogP contribution in [0.3, 0.4) is 0 Å². The van der Waals surface area contributed by atoms with E-state index in [4.69, 9.17) is 22.5 Å². The molecule has 0 aliphatic rings. The van der Waals surface area contributed by atoms with Crippen LogP contribution < -0.4 is 0 Å². The number of halogens is 2. The van der Waals surface area contributed by atoms with Gasteiger partial charge in [0.15, 0.2) is 0 Å². The van der Waals surface area contributed by atoms with Crippen molar-refractivity contribution in [2.45, 2.75) is 6.92 Å². The molecule has 0 amide bonds. The smallest absolute Gasteiger partial charge is 0.103 e. The van der Waals surface area contributed by atoms with Crippen molar-refractivity contribution >= 4 is 29.8 Å². The monoisotopic (exact) mass is 143 g/mol. The van der Waals surface area contributed by atoms with Gasteiger partial charge >= 0.3 is 0 Å². The van der Waals surface area contributed by atoms with Gasteiger partial charge in [-0.05, 0) is 6.92 Å². The highest BCUT2D eigenvalue weighted by Crippen LogP contribution is 2.19. The van der Waals surface area contributed by atoms with Crippen LogP contribution in [0.15, 0.2) is 12.7 Å². The molecule has 0 rings (SSSR count). The average molecular weight is 144 g/mol. The highest BCUT2D eigenvalue weighted by Gasteiger charge is 1.45. The summed E-state index contributed by atoms with van der Waals surface area (Å²) < 4.78 is 0. The quantitative estimate of drug-likeness (QED) is 0.360. The van der Waals surface area contributed by atoms with E-state index >= 15 is 0 Å². The first kappa shape index (κ1) is 9.89. The van der Waals surface area contributed by atoms with Crippen LogP contribution in [0.25, 0.3) is 0 Å². The predicted molar refractivity (Wildman–Crippen MR) is 34.5 cm³/mol. The molecule has 0 nitrogen and oxygen atoms in total. The zero-order valence-electron chi connectivity index (χ0n) is 3.49. The van der Waals surface area contributed by atoms with Gasteiger partial charge in [-0.2, -0.15) is 0 Å². The van der Waals surface area contributed by atoms with E-state index in [1.165, 1.54) is 0 Å². The van der Waals surface area contributed by atoms with Gasteiger partial charge in [-0.15, -0.1) is 6.58 Å². The van der Waals surface area contributed by atoms with Crippen LogP contribution in [-0.2, 0) is 0 Å². The van der Waals surface area contributed by atoms with Crippen molar-refractivity contribution < 1.29 is 0 Å². The highest BCUT2D eigenvalue weighted by atomic mass is 35.9. The summed E-state index contributed by atoms with van der Waals surface area (Å²) in [5.74, 6) is 0. The first-order chi connectivity index (χ1) is 2.83. The fourth-order valence-electron chi connectivity index (χ4n) is 0. The molecule has 0 aliphatic heterocycles. The summed E-state index contributed by atoms with van der Waals surface area (Å²) in [4.78, 5) is 0. The third kappa shape index (κ3) is 119. The molecule has 0 fully saturated rings. The van der Waals surface area contributed by atoms with Crippen molar-refractivity contribution in [2.75, 3.05) is 0 Å². The van der Waals surface area contributed by atoms with Crippen LogP contribution in [0.4, 0.5) is 0 Å². The van der Waals surface area contributed by atoms with Gasteiger partial charge in [-0.3, -0.25) is 0 Å². The molecule has 0 aromatic heterocycles. The fourth-order valence-corrected chi connectivity index (χ4v) is 0. The molecular formula is C3H6Cl2P. The first-order valence-electron chi connectivity index (χ1n) is 1.32. The lowest BCUT2D eigenvalue weighted by Gasteiger charge is -1.38. The van der Waals surface area contributed by atoms with Crippen molar-refractivity contribution in [3.63, 3.8) is 0 Å². The van der Waals surface area contributed by atoms with E-state index in [2.05, 4.69) is 6.58 Å². The van der Waals surface area contributed by atoms with Crippen molar-refractivity contribution in [2.24, 2.45) is 0 Å². The lowest BCUT2D eigenvalue weighted by molar-refractivity contribution is 1.80. The Morgan fingerprint density at radius 2 is 1.67 bits per heavy atom. The minimum Gasteiger partial charge on any atom is -0.103 e. The van der Waals surface area contributed by atoms with E-state index in [1.807, 2.05) is 6.92 Å². The summed E-state index contributed by atoms with van der Waals surface area (Å²) >= 11 is 9.47. The van der Waals surface area contributed by atoms with Crippen LogP contribution in [-0.4, -0.2) is 0 Å². The standard InChI is InChI=1S/C3H6.Cl2P/c2*1-3-2/h3H,1H2,2H3;. The molecule has 0 N–H and O–H groups in total. The Hall–Kier alpha value is 0.750. The van der Waals surface area contributed by atoms with Crippen molar-refractivity contribution in [3.05, 3.63) is 12.7 Å². The molecule has 37 valence electrons. The van der Waals surface area contributed by atoms with E-state index < -0.39 is 0 Å². The average Bonchev–Trinajstić information content (AvgIpc) is 1.39. The molecule has 0 aliphatic carbocycles. The van der Waals surface area contributed by atoms with Crippen LogP contribution in [0.5, 0.6) is 0 Å². The summed E-state index contributed by atoms with van der Waals surface area (Å²) in [7, 11) is 0.361. The summed E-state index contributed by atoms with van der Waals surface area (Å²) in [6.45, 7) is 5.25. The van der Waals surface area contributed by atoms with Crippen LogP contribution in [0, 0.1) is 0 Å². The van der Waals surface area contributed by atoms with E-state index in [0.717, 1.165) is 0 Å². The fraction of sp³-hybridized carbons (Fsp3) is 0.333. The van der Waals surface area contributed by atoms with Gasteiger partial charge in [0.2, 0.25) is 0 Å². The Morgan fingerprint density at radius 1 is 1.67 bits per heavy atom. The van der Waals surface area contributed by atoms with Crippen LogP contribution >= 0.6 is 29.8 Å². The van der Waals surface area contributed by atoms with Crippen molar-refractivity contribution in [3.8, 4) is 0 Å². The summed E-state index contributed by atoms with van der Waals surface area (Å²) in [5.41, 5.74) is 0. The van der Waals surface area contributed by atoms with Gasteiger partial charge in [-0.1, -0.05) is 28.6 Å².